The minimum atomic E-state index is -0.934. The second-order valence-corrected chi connectivity index (χ2v) is 10.3. The second-order valence-electron chi connectivity index (χ2n) is 9.89. The number of nitrogens with one attached hydrogen (secondary N) is 2. The fourth-order valence-electron chi connectivity index (χ4n) is 5.27. The van der Waals surface area contributed by atoms with E-state index in [0.29, 0.717) is 36.9 Å². The molecule has 3 fully saturated rings. The van der Waals surface area contributed by atoms with Crippen LogP contribution in [-0.2, 0) is 20.9 Å². The van der Waals surface area contributed by atoms with Crippen molar-refractivity contribution in [1.82, 2.24) is 20.4 Å². The minimum absolute atomic E-state index is 0.0943. The van der Waals surface area contributed by atoms with E-state index < -0.39 is 23.6 Å². The Morgan fingerprint density at radius 1 is 1.19 bits per heavy atom. The Balaban J connectivity index is 1.29. The molecule has 5 rings (SSSR count). The van der Waals surface area contributed by atoms with Crippen molar-refractivity contribution in [2.75, 3.05) is 26.7 Å². The first-order valence-electron chi connectivity index (χ1n) is 12.2. The molecule has 190 valence electrons. The van der Waals surface area contributed by atoms with Gasteiger partial charge < -0.3 is 20.3 Å². The van der Waals surface area contributed by atoms with Gasteiger partial charge in [0.25, 0.3) is 0 Å². The minimum Gasteiger partial charge on any atom is -0.436 e. The first-order chi connectivity index (χ1) is 17.3. The standard InChI is InChI=1S/C26H29ClN4O5/c1-28-24(34)29-21-9-8-19-18(23(21)33)10-11-26(19)15-31(25(35)36-26)14-22(32)30(12-16-6-7-16)13-17-4-2-3-5-20(17)27/h2-5,8-9,16,18H,6-7,10-15H2,1H3,(H2,28,29,34)/t18?,26-/m0/s1. The summed E-state index contributed by atoms with van der Waals surface area (Å²) in [5, 5.41) is 5.59. The Bertz CT molecular complexity index is 1180. The van der Waals surface area contributed by atoms with Crippen LogP contribution in [0.15, 0.2) is 47.7 Å². The number of nitrogens with zero attached hydrogens (tertiary/aromatic N) is 2. The van der Waals surface area contributed by atoms with Gasteiger partial charge in [-0.05, 0) is 54.9 Å². The smallest absolute Gasteiger partial charge is 0.411 e. The number of ether oxygens (including phenoxy) is 1. The van der Waals surface area contributed by atoms with Crippen LogP contribution < -0.4 is 10.6 Å². The number of ketones is 1. The summed E-state index contributed by atoms with van der Waals surface area (Å²) in [4.78, 5) is 54.0. The van der Waals surface area contributed by atoms with Crippen molar-refractivity contribution in [3.05, 3.63) is 58.3 Å². The van der Waals surface area contributed by atoms with E-state index in [2.05, 4.69) is 10.6 Å². The van der Waals surface area contributed by atoms with E-state index in [4.69, 9.17) is 16.3 Å². The molecule has 4 aliphatic rings. The highest BCUT2D eigenvalue weighted by Crippen LogP contribution is 2.48. The van der Waals surface area contributed by atoms with Gasteiger partial charge >= 0.3 is 12.1 Å². The van der Waals surface area contributed by atoms with Gasteiger partial charge in [0.15, 0.2) is 11.4 Å². The SMILES string of the molecule is CNC(=O)NC1=CC=C2C(CC[C@]23CN(CC(=O)N(Cc2ccccc2Cl)CC2CC2)C(=O)O3)C1=O. The Morgan fingerprint density at radius 2 is 1.97 bits per heavy atom. The highest BCUT2D eigenvalue weighted by molar-refractivity contribution is 6.31. The Hall–Kier alpha value is -3.33. The lowest BCUT2D eigenvalue weighted by Crippen LogP contribution is -2.43. The molecule has 1 aromatic rings. The molecule has 1 unspecified atom stereocenters. The summed E-state index contributed by atoms with van der Waals surface area (Å²) < 4.78 is 5.83. The van der Waals surface area contributed by atoms with E-state index >= 15 is 0 Å². The van der Waals surface area contributed by atoms with Gasteiger partial charge in [0.2, 0.25) is 5.91 Å². The monoisotopic (exact) mass is 512 g/mol. The number of carbonyl (C=O) groups is 4. The molecule has 1 saturated heterocycles. The predicted octanol–water partition coefficient (Wildman–Crippen LogP) is 3.00. The number of rotatable bonds is 7. The molecule has 10 heteroatoms. The zero-order valence-corrected chi connectivity index (χ0v) is 20.8. The number of carbonyl (C=O) groups excluding carboxylic acids is 4. The summed E-state index contributed by atoms with van der Waals surface area (Å²) in [5.74, 6) is -0.339. The van der Waals surface area contributed by atoms with Crippen LogP contribution in [0.3, 0.4) is 0 Å². The summed E-state index contributed by atoms with van der Waals surface area (Å²) in [6.07, 6.45) is 5.94. The van der Waals surface area contributed by atoms with Crippen molar-refractivity contribution in [1.29, 1.82) is 0 Å². The molecule has 2 N–H and O–H groups in total. The van der Waals surface area contributed by atoms with Gasteiger partial charge in [-0.25, -0.2) is 9.59 Å². The molecular weight excluding hydrogens is 484 g/mol. The van der Waals surface area contributed by atoms with Gasteiger partial charge in [0.1, 0.15) is 6.54 Å². The zero-order chi connectivity index (χ0) is 25.4. The maximum Gasteiger partial charge on any atom is 0.411 e. The summed E-state index contributed by atoms with van der Waals surface area (Å²) in [5.41, 5.74) is 0.874. The van der Waals surface area contributed by atoms with Gasteiger partial charge in [0.05, 0.1) is 12.2 Å². The number of Topliss-reactive ketones (excluding diaryl/α,β-unsaturated/α-hetero) is 1. The number of benzene rings is 1. The molecule has 36 heavy (non-hydrogen) atoms. The third-order valence-corrected chi connectivity index (χ3v) is 7.75. The molecule has 2 atom stereocenters. The quantitative estimate of drug-likeness (QED) is 0.584. The van der Waals surface area contributed by atoms with E-state index in [-0.39, 0.29) is 30.5 Å². The number of hydrogen-bond acceptors (Lipinski definition) is 5. The average molecular weight is 513 g/mol. The molecule has 1 aliphatic heterocycles. The molecule has 4 amide bonds. The van der Waals surface area contributed by atoms with E-state index in [9.17, 15) is 19.2 Å². The van der Waals surface area contributed by atoms with Crippen LogP contribution in [0.4, 0.5) is 9.59 Å². The van der Waals surface area contributed by atoms with Crippen molar-refractivity contribution >= 4 is 35.4 Å². The average Bonchev–Trinajstić information content (AvgIpc) is 3.53. The van der Waals surface area contributed by atoms with Crippen LogP contribution in [0.1, 0.15) is 31.2 Å². The first kappa shape index (κ1) is 24.4. The lowest BCUT2D eigenvalue weighted by molar-refractivity contribution is -0.132. The van der Waals surface area contributed by atoms with Crippen molar-refractivity contribution in [2.24, 2.45) is 11.8 Å². The van der Waals surface area contributed by atoms with E-state index in [1.165, 1.54) is 11.9 Å². The summed E-state index contributed by atoms with van der Waals surface area (Å²) >= 11 is 6.34. The van der Waals surface area contributed by atoms with Crippen LogP contribution in [0.5, 0.6) is 0 Å². The van der Waals surface area contributed by atoms with Gasteiger partial charge in [-0.15, -0.1) is 0 Å². The predicted molar refractivity (Wildman–Crippen MR) is 132 cm³/mol. The highest BCUT2D eigenvalue weighted by Gasteiger charge is 2.56. The lowest BCUT2D eigenvalue weighted by Gasteiger charge is -2.28. The van der Waals surface area contributed by atoms with Crippen LogP contribution >= 0.6 is 11.6 Å². The molecule has 2 saturated carbocycles. The molecule has 0 aromatic heterocycles. The maximum atomic E-state index is 13.3. The van der Waals surface area contributed by atoms with Crippen LogP contribution in [0.2, 0.25) is 5.02 Å². The highest BCUT2D eigenvalue weighted by atomic mass is 35.5. The van der Waals surface area contributed by atoms with Gasteiger partial charge in [-0.2, -0.15) is 0 Å². The largest absolute Gasteiger partial charge is 0.436 e. The Kier molecular flexibility index (Phi) is 6.51. The normalized spacial score (nSPS) is 24.7. The van der Waals surface area contributed by atoms with Crippen molar-refractivity contribution in [3.8, 4) is 0 Å². The third-order valence-electron chi connectivity index (χ3n) is 7.39. The summed E-state index contributed by atoms with van der Waals surface area (Å²) in [7, 11) is 1.48. The number of amides is 4. The van der Waals surface area contributed by atoms with E-state index in [1.807, 2.05) is 18.2 Å². The molecule has 3 aliphatic carbocycles. The van der Waals surface area contributed by atoms with Gasteiger partial charge in [-0.3, -0.25) is 14.5 Å². The number of allylic oxidation sites excluding steroid dienone is 3. The van der Waals surface area contributed by atoms with Crippen LogP contribution in [-0.4, -0.2) is 65.9 Å². The van der Waals surface area contributed by atoms with Crippen molar-refractivity contribution in [3.63, 3.8) is 0 Å². The van der Waals surface area contributed by atoms with Crippen LogP contribution in [0, 0.1) is 11.8 Å². The molecule has 9 nitrogen and oxygen atoms in total. The zero-order valence-electron chi connectivity index (χ0n) is 20.1. The van der Waals surface area contributed by atoms with E-state index in [0.717, 1.165) is 24.0 Å². The number of urea groups is 1. The molecule has 1 aromatic carbocycles. The molecular formula is C26H29ClN4O5. The lowest BCUT2D eigenvalue weighted by atomic mass is 9.85. The molecule has 0 radical (unpaired) electrons. The number of hydrogen-bond donors (Lipinski definition) is 2. The third kappa shape index (κ3) is 4.72. The molecule has 1 heterocycles. The van der Waals surface area contributed by atoms with Crippen LogP contribution in [0.25, 0.3) is 0 Å². The number of fused-ring (bicyclic) bond motifs is 2. The van der Waals surface area contributed by atoms with Crippen molar-refractivity contribution in [2.45, 2.75) is 37.8 Å². The van der Waals surface area contributed by atoms with Gasteiger partial charge in [-0.1, -0.05) is 35.9 Å². The Labute approximate surface area is 214 Å². The van der Waals surface area contributed by atoms with Crippen molar-refractivity contribution < 1.29 is 23.9 Å². The van der Waals surface area contributed by atoms with Gasteiger partial charge in [0, 0.05) is 31.1 Å². The fraction of sp³-hybridized carbons (Fsp3) is 0.462. The molecule has 1 spiro atoms. The molecule has 0 bridgehead atoms. The topological polar surface area (TPSA) is 108 Å². The fourth-order valence-corrected chi connectivity index (χ4v) is 5.46. The number of halogens is 1. The first-order valence-corrected chi connectivity index (χ1v) is 12.6. The second kappa shape index (κ2) is 9.61. The summed E-state index contributed by atoms with van der Waals surface area (Å²) in [6.45, 7) is 1.13. The van der Waals surface area contributed by atoms with E-state index in [1.54, 1.807) is 23.1 Å². The summed E-state index contributed by atoms with van der Waals surface area (Å²) in [6, 6.07) is 6.98. The maximum absolute atomic E-state index is 13.3. The Morgan fingerprint density at radius 3 is 2.69 bits per heavy atom.